The van der Waals surface area contributed by atoms with Crippen LogP contribution in [-0.2, 0) is 17.8 Å². The van der Waals surface area contributed by atoms with Crippen molar-refractivity contribution in [3.8, 4) is 11.5 Å². The van der Waals surface area contributed by atoms with Crippen LogP contribution in [0, 0.1) is 0 Å². The van der Waals surface area contributed by atoms with Crippen LogP contribution in [0.25, 0.3) is 12.2 Å². The van der Waals surface area contributed by atoms with Gasteiger partial charge in [-0.3, -0.25) is 0 Å². The summed E-state index contributed by atoms with van der Waals surface area (Å²) in [6.07, 6.45) is 8.37. The zero-order valence-corrected chi connectivity index (χ0v) is 19.7. The number of nitrogens with zero attached hydrogens (tertiary/aromatic N) is 2. The molecule has 0 amide bonds. The second-order valence-electron chi connectivity index (χ2n) is 7.37. The molecular formula is C26H27ClN2O4. The molecule has 1 N–H and O–H groups in total. The average molecular weight is 467 g/mol. The monoisotopic (exact) mass is 466 g/mol. The summed E-state index contributed by atoms with van der Waals surface area (Å²) in [5.41, 5.74) is 2.64. The summed E-state index contributed by atoms with van der Waals surface area (Å²) >= 11 is 6.38. The van der Waals surface area contributed by atoms with E-state index in [9.17, 15) is 9.90 Å². The minimum atomic E-state index is -0.999. The Morgan fingerprint density at radius 3 is 2.58 bits per heavy atom. The lowest BCUT2D eigenvalue weighted by Crippen LogP contribution is -2.08. The largest absolute Gasteiger partial charge is 0.493 e. The summed E-state index contributed by atoms with van der Waals surface area (Å²) in [6.45, 7) is 2.52. The van der Waals surface area contributed by atoms with E-state index in [1.807, 2.05) is 54.0 Å². The molecule has 6 nitrogen and oxygen atoms in total. The molecule has 0 saturated heterocycles. The van der Waals surface area contributed by atoms with Crippen molar-refractivity contribution in [3.05, 3.63) is 88.0 Å². The number of aliphatic carboxylic acids is 1. The van der Waals surface area contributed by atoms with E-state index >= 15 is 0 Å². The molecule has 0 aliphatic heterocycles. The molecule has 0 fully saturated rings. The normalized spacial score (nSPS) is 11.7. The van der Waals surface area contributed by atoms with Gasteiger partial charge in [-0.05, 0) is 47.9 Å². The molecule has 172 valence electrons. The quantitative estimate of drug-likeness (QED) is 0.386. The van der Waals surface area contributed by atoms with Crippen LogP contribution in [0.4, 0.5) is 0 Å². The number of carboxylic acid groups (broad SMARTS) is 1. The highest BCUT2D eigenvalue weighted by Gasteiger charge is 2.15. The van der Waals surface area contributed by atoms with Crippen LogP contribution >= 0.6 is 11.6 Å². The van der Waals surface area contributed by atoms with Crippen molar-refractivity contribution in [1.29, 1.82) is 0 Å². The average Bonchev–Trinajstić information content (AvgIpc) is 3.19. The van der Waals surface area contributed by atoms with E-state index in [-0.39, 0.29) is 12.0 Å². The summed E-state index contributed by atoms with van der Waals surface area (Å²) in [6, 6.07) is 13.0. The van der Waals surface area contributed by atoms with E-state index in [4.69, 9.17) is 21.1 Å². The molecule has 0 unspecified atom stereocenters. The molecule has 7 heteroatoms. The zero-order chi connectivity index (χ0) is 23.8. The molecule has 0 aliphatic carbocycles. The van der Waals surface area contributed by atoms with Gasteiger partial charge >= 0.3 is 5.97 Å². The van der Waals surface area contributed by atoms with Crippen molar-refractivity contribution in [2.24, 2.45) is 0 Å². The fourth-order valence-corrected chi connectivity index (χ4v) is 3.62. The first kappa shape index (κ1) is 24.1. The van der Waals surface area contributed by atoms with Gasteiger partial charge in [-0.25, -0.2) is 9.78 Å². The smallest absolute Gasteiger partial charge is 0.331 e. The second-order valence-corrected chi connectivity index (χ2v) is 7.78. The van der Waals surface area contributed by atoms with Crippen LogP contribution in [0.15, 0.2) is 60.3 Å². The van der Waals surface area contributed by atoms with Gasteiger partial charge in [0, 0.05) is 17.0 Å². The predicted octanol–water partition coefficient (Wildman–Crippen LogP) is 5.74. The van der Waals surface area contributed by atoms with Gasteiger partial charge in [-0.15, -0.1) is 0 Å². The third kappa shape index (κ3) is 6.05. The summed E-state index contributed by atoms with van der Waals surface area (Å²) in [5.74, 6) is 0.877. The van der Waals surface area contributed by atoms with Crippen LogP contribution in [0.3, 0.4) is 0 Å². The number of methoxy groups -OCH3 is 2. The van der Waals surface area contributed by atoms with E-state index < -0.39 is 5.97 Å². The number of hydrogen-bond acceptors (Lipinski definition) is 4. The molecule has 1 heterocycles. The van der Waals surface area contributed by atoms with E-state index in [0.717, 1.165) is 23.4 Å². The highest BCUT2D eigenvalue weighted by molar-refractivity contribution is 6.31. The Morgan fingerprint density at radius 1 is 1.15 bits per heavy atom. The van der Waals surface area contributed by atoms with E-state index in [0.29, 0.717) is 28.8 Å². The summed E-state index contributed by atoms with van der Waals surface area (Å²) in [7, 11) is 3.11. The Hall–Kier alpha value is -3.51. The number of aromatic nitrogens is 2. The van der Waals surface area contributed by atoms with Crippen molar-refractivity contribution in [2.75, 3.05) is 14.2 Å². The standard InChI is InChI=1S/C26H27ClN2O4/c1-4-5-10-25-28-16-21(29(25)17-19-8-6-7-9-22(19)27)15-20(26(30)31)13-18-11-12-23(32-2)24(14-18)33-3/h5-12,14-16H,4,13,17H2,1-3H3,(H,30,31)/b10-5?,20-15+. The number of carboxylic acids is 1. The molecule has 0 spiro atoms. The number of hydrogen-bond donors (Lipinski definition) is 1. The molecule has 0 aliphatic rings. The number of benzene rings is 2. The van der Waals surface area contributed by atoms with Crippen LogP contribution < -0.4 is 9.47 Å². The minimum Gasteiger partial charge on any atom is -0.493 e. The molecule has 3 rings (SSSR count). The molecule has 1 aromatic heterocycles. The van der Waals surface area contributed by atoms with Crippen LogP contribution in [0.5, 0.6) is 11.5 Å². The van der Waals surface area contributed by atoms with Crippen molar-refractivity contribution >= 4 is 29.7 Å². The Balaban J connectivity index is 2.01. The molecule has 0 atom stereocenters. The first-order valence-corrected chi connectivity index (χ1v) is 10.9. The van der Waals surface area contributed by atoms with Gasteiger partial charge < -0.3 is 19.1 Å². The maximum Gasteiger partial charge on any atom is 0.331 e. The second kappa shape index (κ2) is 11.4. The predicted molar refractivity (Wildman–Crippen MR) is 131 cm³/mol. The van der Waals surface area contributed by atoms with Crippen molar-refractivity contribution < 1.29 is 19.4 Å². The Bertz CT molecular complexity index is 1180. The lowest BCUT2D eigenvalue weighted by molar-refractivity contribution is -0.132. The van der Waals surface area contributed by atoms with Gasteiger partial charge in [0.2, 0.25) is 0 Å². The number of halogens is 1. The van der Waals surface area contributed by atoms with Crippen molar-refractivity contribution in [2.45, 2.75) is 26.3 Å². The van der Waals surface area contributed by atoms with E-state index in [2.05, 4.69) is 4.98 Å². The van der Waals surface area contributed by atoms with E-state index in [1.54, 1.807) is 38.6 Å². The van der Waals surface area contributed by atoms with E-state index in [1.165, 1.54) is 0 Å². The van der Waals surface area contributed by atoms with Crippen molar-refractivity contribution in [1.82, 2.24) is 9.55 Å². The number of imidazole rings is 1. The molecule has 0 bridgehead atoms. The van der Waals surface area contributed by atoms with Crippen LogP contribution in [0.2, 0.25) is 5.02 Å². The molecule has 3 aromatic rings. The molecular weight excluding hydrogens is 440 g/mol. The maximum atomic E-state index is 12.1. The molecule has 0 radical (unpaired) electrons. The van der Waals surface area contributed by atoms with Gasteiger partial charge in [-0.2, -0.15) is 0 Å². The fourth-order valence-electron chi connectivity index (χ4n) is 3.42. The topological polar surface area (TPSA) is 73.6 Å². The Morgan fingerprint density at radius 2 is 1.91 bits per heavy atom. The highest BCUT2D eigenvalue weighted by atomic mass is 35.5. The number of allylic oxidation sites excluding steroid dienone is 1. The molecule has 33 heavy (non-hydrogen) atoms. The summed E-state index contributed by atoms with van der Waals surface area (Å²) in [5, 5.41) is 10.6. The fraction of sp³-hybridized carbons (Fsp3) is 0.231. The lowest BCUT2D eigenvalue weighted by atomic mass is 10.0. The lowest BCUT2D eigenvalue weighted by Gasteiger charge is -2.12. The number of rotatable bonds is 10. The summed E-state index contributed by atoms with van der Waals surface area (Å²) < 4.78 is 12.6. The Labute approximate surface area is 198 Å². The van der Waals surface area contributed by atoms with Crippen LogP contribution in [-0.4, -0.2) is 34.8 Å². The van der Waals surface area contributed by atoms with Gasteiger partial charge in [0.25, 0.3) is 0 Å². The van der Waals surface area contributed by atoms with Gasteiger partial charge in [0.15, 0.2) is 11.5 Å². The summed E-state index contributed by atoms with van der Waals surface area (Å²) in [4.78, 5) is 16.6. The Kier molecular flexibility index (Phi) is 8.33. The maximum absolute atomic E-state index is 12.1. The first-order chi connectivity index (χ1) is 16.0. The zero-order valence-electron chi connectivity index (χ0n) is 18.9. The molecule has 2 aromatic carbocycles. The van der Waals surface area contributed by atoms with Crippen molar-refractivity contribution in [3.63, 3.8) is 0 Å². The third-order valence-corrected chi connectivity index (χ3v) is 5.51. The highest BCUT2D eigenvalue weighted by Crippen LogP contribution is 2.29. The SMILES string of the molecule is CCC=Cc1ncc(/C=C(\Cc2ccc(OC)c(OC)c2)C(=O)O)n1Cc1ccccc1Cl. The first-order valence-electron chi connectivity index (χ1n) is 10.6. The minimum absolute atomic E-state index is 0.215. The van der Waals surface area contributed by atoms with Gasteiger partial charge in [0.1, 0.15) is 5.82 Å². The van der Waals surface area contributed by atoms with Gasteiger partial charge in [0.05, 0.1) is 32.7 Å². The molecule has 0 saturated carbocycles. The third-order valence-electron chi connectivity index (χ3n) is 5.15. The van der Waals surface area contributed by atoms with Gasteiger partial charge in [-0.1, -0.05) is 48.9 Å². The number of ether oxygens (including phenoxy) is 2. The number of carbonyl (C=O) groups is 1. The van der Waals surface area contributed by atoms with Crippen LogP contribution in [0.1, 0.15) is 36.0 Å².